The molecule has 24 heavy (non-hydrogen) atoms. The van der Waals surface area contributed by atoms with Crippen molar-refractivity contribution >= 4 is 23.2 Å². The minimum absolute atomic E-state index is 0.0122. The van der Waals surface area contributed by atoms with Crippen LogP contribution in [0.2, 0.25) is 0 Å². The first-order valence-corrected chi connectivity index (χ1v) is 9.45. The molecule has 1 saturated carbocycles. The molecule has 2 rings (SSSR count). The van der Waals surface area contributed by atoms with Crippen LogP contribution in [0.1, 0.15) is 51.1 Å². The molecular weight excluding hydrogens is 328 g/mol. The van der Waals surface area contributed by atoms with Gasteiger partial charge in [-0.25, -0.2) is 0 Å². The molecule has 0 bridgehead atoms. The summed E-state index contributed by atoms with van der Waals surface area (Å²) in [6, 6.07) is 0.193. The van der Waals surface area contributed by atoms with Crippen molar-refractivity contribution in [3.63, 3.8) is 0 Å². The van der Waals surface area contributed by atoms with Gasteiger partial charge in [0.1, 0.15) is 0 Å². The molecule has 1 amide bonds. The lowest BCUT2D eigenvalue weighted by Gasteiger charge is -2.29. The van der Waals surface area contributed by atoms with E-state index in [0.717, 1.165) is 36.3 Å². The smallest absolute Gasteiger partial charge is 0.307 e. The highest BCUT2D eigenvalue weighted by Gasteiger charge is 2.23. The van der Waals surface area contributed by atoms with Crippen LogP contribution < -0.4 is 10.2 Å². The van der Waals surface area contributed by atoms with Gasteiger partial charge in [-0.15, -0.1) is 0 Å². The summed E-state index contributed by atoms with van der Waals surface area (Å²) < 4.78 is 6.67. The highest BCUT2D eigenvalue weighted by atomic mass is 32.1. The van der Waals surface area contributed by atoms with Crippen LogP contribution >= 0.6 is 11.3 Å². The van der Waals surface area contributed by atoms with E-state index >= 15 is 0 Å². The molecule has 0 saturated heterocycles. The molecule has 1 aliphatic carbocycles. The average Bonchev–Trinajstić information content (AvgIpc) is 2.87. The summed E-state index contributed by atoms with van der Waals surface area (Å²) in [6.45, 7) is 4.28. The Morgan fingerprint density at radius 3 is 2.79 bits per heavy atom. The number of aryl methyl sites for hydroxylation is 1. The van der Waals surface area contributed by atoms with E-state index in [9.17, 15) is 14.4 Å². The summed E-state index contributed by atoms with van der Waals surface area (Å²) in [4.78, 5) is 35.1. The van der Waals surface area contributed by atoms with E-state index in [1.165, 1.54) is 6.42 Å². The molecular formula is C17H26N2O4S. The van der Waals surface area contributed by atoms with Crippen molar-refractivity contribution in [3.8, 4) is 0 Å². The van der Waals surface area contributed by atoms with Gasteiger partial charge < -0.3 is 14.6 Å². The quantitative estimate of drug-likeness (QED) is 0.762. The Kier molecular flexibility index (Phi) is 7.02. The van der Waals surface area contributed by atoms with E-state index in [4.69, 9.17) is 4.74 Å². The summed E-state index contributed by atoms with van der Waals surface area (Å²) in [5.74, 6) is -0.152. The Bertz CT molecular complexity index is 622. The predicted molar refractivity (Wildman–Crippen MR) is 93.1 cm³/mol. The minimum atomic E-state index is -0.400. The van der Waals surface area contributed by atoms with E-state index in [-0.39, 0.29) is 29.8 Å². The molecule has 0 unspecified atom stereocenters. The van der Waals surface area contributed by atoms with Crippen LogP contribution in [-0.2, 0) is 20.9 Å². The zero-order valence-corrected chi connectivity index (χ0v) is 15.2. The van der Waals surface area contributed by atoms with Gasteiger partial charge in [0.25, 0.3) is 5.91 Å². The first-order chi connectivity index (χ1) is 11.5. The van der Waals surface area contributed by atoms with Crippen molar-refractivity contribution in [2.24, 2.45) is 5.92 Å². The number of aromatic nitrogens is 1. The molecule has 0 radical (unpaired) electrons. The van der Waals surface area contributed by atoms with E-state index in [1.54, 1.807) is 9.95 Å². The number of carbonyl (C=O) groups is 2. The highest BCUT2D eigenvalue weighted by molar-refractivity contribution is 7.07. The van der Waals surface area contributed by atoms with E-state index in [2.05, 4.69) is 12.2 Å². The Morgan fingerprint density at radius 1 is 1.38 bits per heavy atom. The number of hydrogen-bond donors (Lipinski definition) is 1. The monoisotopic (exact) mass is 354 g/mol. The largest absolute Gasteiger partial charge is 0.456 e. The number of rotatable bonds is 7. The van der Waals surface area contributed by atoms with E-state index in [1.807, 2.05) is 6.92 Å². The summed E-state index contributed by atoms with van der Waals surface area (Å²) in [5.41, 5.74) is 0.902. The third-order valence-corrected chi connectivity index (χ3v) is 5.44. The number of carbonyl (C=O) groups excluding carboxylic acids is 2. The summed E-state index contributed by atoms with van der Waals surface area (Å²) in [5, 5.41) is 4.76. The molecule has 134 valence electrons. The second-order valence-electron chi connectivity index (χ2n) is 6.49. The second kappa shape index (κ2) is 9.01. The normalized spacial score (nSPS) is 20.6. The van der Waals surface area contributed by atoms with Gasteiger partial charge in [0, 0.05) is 30.1 Å². The molecule has 1 aliphatic rings. The number of hydrogen-bond acceptors (Lipinski definition) is 5. The van der Waals surface area contributed by atoms with Gasteiger partial charge in [-0.1, -0.05) is 31.1 Å². The number of thiazole rings is 1. The summed E-state index contributed by atoms with van der Waals surface area (Å²) in [6.07, 6.45) is 5.21. The van der Waals surface area contributed by atoms with Crippen LogP contribution in [0.15, 0.2) is 10.2 Å². The van der Waals surface area contributed by atoms with Gasteiger partial charge in [-0.05, 0) is 32.1 Å². The third kappa shape index (κ3) is 5.47. The number of nitrogens with one attached hydrogen (secondary N) is 1. The Morgan fingerprint density at radius 2 is 2.12 bits per heavy atom. The van der Waals surface area contributed by atoms with Gasteiger partial charge in [0.2, 0.25) is 0 Å². The lowest BCUT2D eigenvalue weighted by molar-refractivity contribution is -0.149. The molecule has 1 heterocycles. The zero-order valence-electron chi connectivity index (χ0n) is 14.4. The molecule has 1 N–H and O–H groups in total. The standard InChI is InChI=1S/C17H26N2O4S/c1-12-6-3-4-7-14(12)18-15(20)10-23-16(21)8-5-9-19-13(2)11-24-17(19)22/h11-12,14H,3-10H2,1-2H3,(H,18,20)/t12-,14+/m1/s1. The van der Waals surface area contributed by atoms with Gasteiger partial charge in [-0.2, -0.15) is 0 Å². The number of esters is 1. The maximum atomic E-state index is 11.9. The minimum Gasteiger partial charge on any atom is -0.456 e. The van der Waals surface area contributed by atoms with Gasteiger partial charge in [0.15, 0.2) is 6.61 Å². The molecule has 7 heteroatoms. The van der Waals surface area contributed by atoms with Crippen LogP contribution in [0, 0.1) is 12.8 Å². The maximum absolute atomic E-state index is 11.9. The van der Waals surface area contributed by atoms with Gasteiger partial charge in [0.05, 0.1) is 0 Å². The Balaban J connectivity index is 1.64. The Labute approximate surface area is 146 Å². The van der Waals surface area contributed by atoms with Crippen molar-refractivity contribution in [1.29, 1.82) is 0 Å². The predicted octanol–water partition coefficient (Wildman–Crippen LogP) is 2.24. The topological polar surface area (TPSA) is 77.4 Å². The van der Waals surface area contributed by atoms with Crippen molar-refractivity contribution in [2.75, 3.05) is 6.61 Å². The molecule has 0 aliphatic heterocycles. The molecule has 1 fully saturated rings. The zero-order chi connectivity index (χ0) is 17.5. The lowest BCUT2D eigenvalue weighted by atomic mass is 9.86. The molecule has 1 aromatic rings. The van der Waals surface area contributed by atoms with Crippen molar-refractivity contribution < 1.29 is 14.3 Å². The summed E-state index contributed by atoms with van der Waals surface area (Å²) in [7, 11) is 0. The van der Waals surface area contributed by atoms with Crippen molar-refractivity contribution in [2.45, 2.75) is 65.0 Å². The third-order valence-electron chi connectivity index (χ3n) is 4.56. The van der Waals surface area contributed by atoms with Crippen LogP contribution in [0.5, 0.6) is 0 Å². The first-order valence-electron chi connectivity index (χ1n) is 8.57. The fourth-order valence-electron chi connectivity index (χ4n) is 3.05. The highest BCUT2D eigenvalue weighted by Crippen LogP contribution is 2.23. The molecule has 0 aromatic carbocycles. The van der Waals surface area contributed by atoms with Gasteiger partial charge >= 0.3 is 10.8 Å². The van der Waals surface area contributed by atoms with Gasteiger partial charge in [-0.3, -0.25) is 14.4 Å². The molecule has 1 aromatic heterocycles. The molecule has 2 atom stereocenters. The first kappa shape index (κ1) is 18.7. The summed E-state index contributed by atoms with van der Waals surface area (Å²) >= 11 is 1.16. The van der Waals surface area contributed by atoms with E-state index in [0.29, 0.717) is 18.9 Å². The average molecular weight is 354 g/mol. The molecule has 6 nitrogen and oxygen atoms in total. The number of ether oxygens (including phenoxy) is 1. The lowest BCUT2D eigenvalue weighted by Crippen LogP contribution is -2.42. The Hall–Kier alpha value is -1.63. The van der Waals surface area contributed by atoms with Crippen LogP contribution in [0.4, 0.5) is 0 Å². The van der Waals surface area contributed by atoms with E-state index < -0.39 is 5.97 Å². The fraction of sp³-hybridized carbons (Fsp3) is 0.706. The van der Waals surface area contributed by atoms with Crippen molar-refractivity contribution in [1.82, 2.24) is 9.88 Å². The second-order valence-corrected chi connectivity index (χ2v) is 7.32. The SMILES string of the molecule is Cc1csc(=O)n1CCCC(=O)OCC(=O)N[C@H]1CCCC[C@H]1C. The van der Waals surface area contributed by atoms with Crippen LogP contribution in [0.25, 0.3) is 0 Å². The fourth-order valence-corrected chi connectivity index (χ4v) is 3.81. The van der Waals surface area contributed by atoms with Crippen molar-refractivity contribution in [3.05, 3.63) is 20.7 Å². The maximum Gasteiger partial charge on any atom is 0.307 e. The van der Waals surface area contributed by atoms with Crippen LogP contribution in [-0.4, -0.2) is 29.1 Å². The number of nitrogens with zero attached hydrogens (tertiary/aromatic N) is 1. The number of amides is 1. The van der Waals surface area contributed by atoms with Crippen LogP contribution in [0.3, 0.4) is 0 Å². The molecule has 0 spiro atoms.